The molecule has 2 aromatic heterocycles. The van der Waals surface area contributed by atoms with Crippen LogP contribution < -0.4 is 5.32 Å². The number of thioether (sulfide) groups is 1. The summed E-state index contributed by atoms with van der Waals surface area (Å²) in [5.74, 6) is -0.0921. The van der Waals surface area contributed by atoms with E-state index in [1.807, 2.05) is 69.4 Å². The quantitative estimate of drug-likeness (QED) is 0.394. The summed E-state index contributed by atoms with van der Waals surface area (Å²) in [6.07, 6.45) is 3.25. The fraction of sp³-hybridized carbons (Fsp3) is 0.182. The number of carbonyl (C=O) groups excluding carboxylic acids is 1. The van der Waals surface area contributed by atoms with Crippen molar-refractivity contribution in [3.05, 3.63) is 77.7 Å². The van der Waals surface area contributed by atoms with E-state index in [1.165, 1.54) is 18.1 Å². The Balaban J connectivity index is 1.70. The van der Waals surface area contributed by atoms with Gasteiger partial charge in [-0.05, 0) is 36.6 Å². The highest BCUT2D eigenvalue weighted by atomic mass is 32.2. The van der Waals surface area contributed by atoms with Crippen LogP contribution in [0.2, 0.25) is 0 Å². The molecular weight excluding hydrogens is 382 g/mol. The van der Waals surface area contributed by atoms with Crippen molar-refractivity contribution < 1.29 is 4.79 Å². The Morgan fingerprint density at radius 1 is 1.10 bits per heavy atom. The molecule has 1 N–H and O–H groups in total. The van der Waals surface area contributed by atoms with Gasteiger partial charge in [-0.25, -0.2) is 9.97 Å². The Hall–Kier alpha value is -3.19. The fourth-order valence-corrected chi connectivity index (χ4v) is 4.18. The van der Waals surface area contributed by atoms with E-state index in [-0.39, 0.29) is 5.91 Å². The highest BCUT2D eigenvalue weighted by Gasteiger charge is 2.25. The molecule has 0 fully saturated rings. The number of nitrogens with one attached hydrogen (secondary N) is 1. The molecule has 2 heterocycles. The van der Waals surface area contributed by atoms with Crippen molar-refractivity contribution in [1.82, 2.24) is 19.7 Å². The van der Waals surface area contributed by atoms with Crippen molar-refractivity contribution in [3.63, 3.8) is 0 Å². The maximum atomic E-state index is 13.3. The first kappa shape index (κ1) is 19.1. The Morgan fingerprint density at radius 2 is 1.90 bits per heavy atom. The molecule has 1 amide bonds. The molecule has 0 bridgehead atoms. The van der Waals surface area contributed by atoms with Gasteiger partial charge in [0.25, 0.3) is 0 Å². The minimum absolute atomic E-state index is 0.0921. The van der Waals surface area contributed by atoms with Gasteiger partial charge in [-0.2, -0.15) is 5.10 Å². The van der Waals surface area contributed by atoms with Gasteiger partial charge < -0.3 is 5.32 Å². The molecule has 0 unspecified atom stereocenters. The molecule has 0 aliphatic carbocycles. The van der Waals surface area contributed by atoms with E-state index in [9.17, 15) is 4.79 Å². The van der Waals surface area contributed by atoms with E-state index >= 15 is 0 Å². The lowest BCUT2D eigenvalue weighted by Crippen LogP contribution is -2.19. The van der Waals surface area contributed by atoms with Gasteiger partial charge in [0, 0.05) is 12.7 Å². The minimum atomic E-state index is -0.464. The number of anilines is 1. The Kier molecular flexibility index (Phi) is 5.31. The second kappa shape index (κ2) is 8.05. The molecule has 0 aliphatic rings. The van der Waals surface area contributed by atoms with E-state index in [2.05, 4.69) is 20.4 Å². The van der Waals surface area contributed by atoms with Crippen LogP contribution in [0.5, 0.6) is 0 Å². The van der Waals surface area contributed by atoms with Crippen LogP contribution in [-0.4, -0.2) is 25.7 Å². The van der Waals surface area contributed by atoms with Crippen LogP contribution in [0.25, 0.3) is 11.0 Å². The highest BCUT2D eigenvalue weighted by molar-refractivity contribution is 8.00. The number of rotatable bonds is 5. The van der Waals surface area contributed by atoms with Crippen molar-refractivity contribution >= 4 is 34.4 Å². The first-order chi connectivity index (χ1) is 14.0. The van der Waals surface area contributed by atoms with Crippen molar-refractivity contribution in [2.45, 2.75) is 24.1 Å². The Bertz CT molecular complexity index is 1170. The van der Waals surface area contributed by atoms with Gasteiger partial charge in [-0.1, -0.05) is 54.2 Å². The fourth-order valence-electron chi connectivity index (χ4n) is 3.12. The van der Waals surface area contributed by atoms with Crippen LogP contribution in [0.3, 0.4) is 0 Å². The second-order valence-corrected chi connectivity index (χ2v) is 7.99. The summed E-state index contributed by atoms with van der Waals surface area (Å²) < 4.78 is 1.70. The number of aromatic nitrogens is 4. The monoisotopic (exact) mass is 403 g/mol. The largest absolute Gasteiger partial charge is 0.325 e. The maximum absolute atomic E-state index is 13.3. The average Bonchev–Trinajstić information content (AvgIpc) is 3.11. The molecule has 0 radical (unpaired) electrons. The summed E-state index contributed by atoms with van der Waals surface area (Å²) in [4.78, 5) is 22.0. The molecule has 0 spiro atoms. The standard InChI is InChI=1S/C22H21N5OS/c1-14-9-10-15(2)18(11-14)26-21(28)19(16-7-5-4-6-8-16)29-22-17-12-25-27(3)20(17)23-13-24-22/h4-13,19H,1-3H3,(H,26,28)/t19-/m0/s1. The predicted octanol–water partition coefficient (Wildman–Crippen LogP) is 4.45. The lowest BCUT2D eigenvalue weighted by Gasteiger charge is -2.18. The van der Waals surface area contributed by atoms with E-state index in [4.69, 9.17) is 0 Å². The van der Waals surface area contributed by atoms with Crippen molar-refractivity contribution in [2.24, 2.45) is 7.05 Å². The third-order valence-corrected chi connectivity index (χ3v) is 5.98. The molecule has 7 heteroatoms. The zero-order chi connectivity index (χ0) is 20.4. The lowest BCUT2D eigenvalue weighted by atomic mass is 10.1. The number of hydrogen-bond donors (Lipinski definition) is 1. The SMILES string of the molecule is Cc1ccc(C)c(NC(=O)[C@@H](Sc2ncnc3c2cnn3C)c2ccccc2)c1. The zero-order valence-corrected chi connectivity index (χ0v) is 17.3. The second-order valence-electron chi connectivity index (χ2n) is 6.90. The molecule has 4 rings (SSSR count). The number of amides is 1. The van der Waals surface area contributed by atoms with E-state index < -0.39 is 5.25 Å². The van der Waals surface area contributed by atoms with Gasteiger partial charge in [0.15, 0.2) is 5.65 Å². The lowest BCUT2D eigenvalue weighted by molar-refractivity contribution is -0.115. The predicted molar refractivity (Wildman–Crippen MR) is 116 cm³/mol. The topological polar surface area (TPSA) is 72.7 Å². The molecule has 146 valence electrons. The highest BCUT2D eigenvalue weighted by Crippen LogP contribution is 2.38. The molecule has 0 aliphatic heterocycles. The summed E-state index contributed by atoms with van der Waals surface area (Å²) in [7, 11) is 1.84. The molecule has 1 atom stereocenters. The molecule has 6 nitrogen and oxygen atoms in total. The average molecular weight is 404 g/mol. The number of benzene rings is 2. The number of hydrogen-bond acceptors (Lipinski definition) is 5. The number of fused-ring (bicyclic) bond motifs is 1. The third-order valence-electron chi connectivity index (χ3n) is 4.71. The van der Waals surface area contributed by atoms with Gasteiger partial charge in [0.05, 0.1) is 11.6 Å². The smallest absolute Gasteiger partial charge is 0.242 e. The number of aryl methyl sites for hydroxylation is 3. The van der Waals surface area contributed by atoms with E-state index in [0.717, 1.165) is 38.4 Å². The molecule has 4 aromatic rings. The van der Waals surface area contributed by atoms with Crippen LogP contribution in [0, 0.1) is 13.8 Å². The molecule has 2 aromatic carbocycles. The maximum Gasteiger partial charge on any atom is 0.242 e. The van der Waals surface area contributed by atoms with Crippen LogP contribution >= 0.6 is 11.8 Å². The summed E-state index contributed by atoms with van der Waals surface area (Å²) in [6, 6.07) is 15.8. The van der Waals surface area contributed by atoms with Crippen LogP contribution in [-0.2, 0) is 11.8 Å². The summed E-state index contributed by atoms with van der Waals surface area (Å²) in [6.45, 7) is 4.00. The minimum Gasteiger partial charge on any atom is -0.325 e. The van der Waals surface area contributed by atoms with Gasteiger partial charge in [-0.3, -0.25) is 9.48 Å². The van der Waals surface area contributed by atoms with Gasteiger partial charge in [0.1, 0.15) is 16.6 Å². The molecule has 0 saturated carbocycles. The zero-order valence-electron chi connectivity index (χ0n) is 16.5. The third kappa shape index (κ3) is 4.00. The van der Waals surface area contributed by atoms with Gasteiger partial charge >= 0.3 is 0 Å². The van der Waals surface area contributed by atoms with Crippen molar-refractivity contribution in [2.75, 3.05) is 5.32 Å². The summed E-state index contributed by atoms with van der Waals surface area (Å²) in [5.41, 5.74) is 4.60. The number of nitrogens with zero attached hydrogens (tertiary/aromatic N) is 4. The van der Waals surface area contributed by atoms with Crippen molar-refractivity contribution in [3.8, 4) is 0 Å². The Labute approximate surface area is 173 Å². The van der Waals surface area contributed by atoms with Gasteiger partial charge in [0.2, 0.25) is 5.91 Å². The van der Waals surface area contributed by atoms with E-state index in [0.29, 0.717) is 0 Å². The Morgan fingerprint density at radius 3 is 2.69 bits per heavy atom. The first-order valence-electron chi connectivity index (χ1n) is 9.25. The molecule has 29 heavy (non-hydrogen) atoms. The van der Waals surface area contributed by atoms with E-state index in [1.54, 1.807) is 10.9 Å². The van der Waals surface area contributed by atoms with Crippen LogP contribution in [0.1, 0.15) is 21.9 Å². The summed E-state index contributed by atoms with van der Waals surface area (Å²) >= 11 is 1.41. The van der Waals surface area contributed by atoms with Crippen LogP contribution in [0.4, 0.5) is 5.69 Å². The van der Waals surface area contributed by atoms with Crippen LogP contribution in [0.15, 0.2) is 66.1 Å². The first-order valence-corrected chi connectivity index (χ1v) is 10.1. The molecular formula is C22H21N5OS. The van der Waals surface area contributed by atoms with Crippen molar-refractivity contribution in [1.29, 1.82) is 0 Å². The van der Waals surface area contributed by atoms with Gasteiger partial charge in [-0.15, -0.1) is 0 Å². The molecule has 0 saturated heterocycles. The summed E-state index contributed by atoms with van der Waals surface area (Å²) in [5, 5.41) is 8.47. The normalized spacial score (nSPS) is 12.1. The number of carbonyl (C=O) groups is 1.